The summed E-state index contributed by atoms with van der Waals surface area (Å²) in [6, 6.07) is 13.7. The Morgan fingerprint density at radius 2 is 1.83 bits per heavy atom. The minimum Gasteiger partial charge on any atom is -0.478 e. The van der Waals surface area contributed by atoms with Crippen molar-refractivity contribution in [1.82, 2.24) is 4.72 Å². The van der Waals surface area contributed by atoms with Crippen LogP contribution in [0.25, 0.3) is 0 Å². The standard InChI is InChI=1S/C17H18N2O4S/c1-12-6-8-13(9-7-12)24(21,22)18-11-10-16-17(20)19-14-4-2-3-5-15(14)23-16/h2-9,16,18H,10-11H2,1H3,(H,19,20). The number of hydrogen-bond acceptors (Lipinski definition) is 4. The molecule has 3 rings (SSSR count). The van der Waals surface area contributed by atoms with Crippen LogP contribution in [0.5, 0.6) is 5.75 Å². The van der Waals surface area contributed by atoms with Gasteiger partial charge in [-0.1, -0.05) is 29.8 Å². The van der Waals surface area contributed by atoms with Gasteiger partial charge in [-0.15, -0.1) is 0 Å². The second-order valence-electron chi connectivity index (χ2n) is 5.59. The predicted molar refractivity (Wildman–Crippen MR) is 90.5 cm³/mol. The molecule has 24 heavy (non-hydrogen) atoms. The summed E-state index contributed by atoms with van der Waals surface area (Å²) in [5, 5.41) is 2.75. The van der Waals surface area contributed by atoms with E-state index in [1.165, 1.54) is 0 Å². The van der Waals surface area contributed by atoms with Crippen LogP contribution < -0.4 is 14.8 Å². The molecule has 1 amide bonds. The Kier molecular flexibility index (Phi) is 4.55. The van der Waals surface area contributed by atoms with Crippen molar-refractivity contribution >= 4 is 21.6 Å². The highest BCUT2D eigenvalue weighted by Gasteiger charge is 2.27. The maximum atomic E-state index is 12.2. The van der Waals surface area contributed by atoms with Crippen molar-refractivity contribution in [2.75, 3.05) is 11.9 Å². The fraction of sp³-hybridized carbons (Fsp3) is 0.235. The summed E-state index contributed by atoms with van der Waals surface area (Å²) in [6.07, 6.45) is -0.480. The van der Waals surface area contributed by atoms with E-state index in [9.17, 15) is 13.2 Å². The topological polar surface area (TPSA) is 84.5 Å². The zero-order valence-corrected chi connectivity index (χ0v) is 14.0. The minimum absolute atomic E-state index is 0.108. The fourth-order valence-corrected chi connectivity index (χ4v) is 3.46. The molecule has 6 nitrogen and oxygen atoms in total. The van der Waals surface area contributed by atoms with Gasteiger partial charge in [0.15, 0.2) is 6.10 Å². The van der Waals surface area contributed by atoms with E-state index in [0.717, 1.165) is 5.56 Å². The molecule has 0 bridgehead atoms. The molecule has 0 radical (unpaired) electrons. The van der Waals surface area contributed by atoms with Crippen LogP contribution in [0.2, 0.25) is 0 Å². The van der Waals surface area contributed by atoms with Gasteiger partial charge in [0.25, 0.3) is 5.91 Å². The van der Waals surface area contributed by atoms with Crippen molar-refractivity contribution in [3.8, 4) is 5.75 Å². The van der Waals surface area contributed by atoms with Crippen molar-refractivity contribution in [2.24, 2.45) is 0 Å². The maximum absolute atomic E-state index is 12.2. The van der Waals surface area contributed by atoms with E-state index < -0.39 is 16.1 Å². The highest BCUT2D eigenvalue weighted by atomic mass is 32.2. The van der Waals surface area contributed by atoms with E-state index in [0.29, 0.717) is 11.4 Å². The lowest BCUT2D eigenvalue weighted by Gasteiger charge is -2.25. The number of nitrogens with one attached hydrogen (secondary N) is 2. The van der Waals surface area contributed by atoms with Crippen LogP contribution in [0.1, 0.15) is 12.0 Å². The molecule has 1 aliphatic rings. The second kappa shape index (κ2) is 6.62. The van der Waals surface area contributed by atoms with Crippen molar-refractivity contribution in [2.45, 2.75) is 24.3 Å². The molecule has 7 heteroatoms. The van der Waals surface area contributed by atoms with E-state index in [-0.39, 0.29) is 23.8 Å². The van der Waals surface area contributed by atoms with Crippen LogP contribution in [0.15, 0.2) is 53.4 Å². The number of hydrogen-bond donors (Lipinski definition) is 2. The molecule has 2 aromatic carbocycles. The summed E-state index contributed by atoms with van der Waals surface area (Å²) in [5.41, 5.74) is 1.61. The van der Waals surface area contributed by atoms with E-state index in [1.54, 1.807) is 42.5 Å². The van der Waals surface area contributed by atoms with Gasteiger partial charge in [-0.2, -0.15) is 0 Å². The molecule has 1 unspecified atom stereocenters. The molecule has 0 aromatic heterocycles. The minimum atomic E-state index is -3.59. The summed E-state index contributed by atoms with van der Waals surface area (Å²) in [4.78, 5) is 12.2. The molecule has 2 aromatic rings. The molecule has 1 heterocycles. The highest BCUT2D eigenvalue weighted by Crippen LogP contribution is 2.29. The molecule has 0 saturated carbocycles. The normalized spacial score (nSPS) is 16.9. The first kappa shape index (κ1) is 16.5. The number of anilines is 1. The van der Waals surface area contributed by atoms with Crippen LogP contribution in [0, 0.1) is 6.92 Å². The first-order valence-corrected chi connectivity index (χ1v) is 9.07. The van der Waals surface area contributed by atoms with Gasteiger partial charge >= 0.3 is 0 Å². The van der Waals surface area contributed by atoms with Gasteiger partial charge in [0.05, 0.1) is 10.6 Å². The van der Waals surface area contributed by atoms with Crippen molar-refractivity contribution < 1.29 is 17.9 Å². The third-order valence-electron chi connectivity index (χ3n) is 3.74. The number of para-hydroxylation sites is 2. The van der Waals surface area contributed by atoms with Crippen molar-refractivity contribution in [3.05, 3.63) is 54.1 Å². The highest BCUT2D eigenvalue weighted by molar-refractivity contribution is 7.89. The number of ether oxygens (including phenoxy) is 1. The lowest BCUT2D eigenvalue weighted by molar-refractivity contribution is -0.123. The number of benzene rings is 2. The number of amides is 1. The Hall–Kier alpha value is -2.38. The van der Waals surface area contributed by atoms with E-state index >= 15 is 0 Å². The van der Waals surface area contributed by atoms with E-state index in [2.05, 4.69) is 10.0 Å². The Morgan fingerprint density at radius 1 is 1.12 bits per heavy atom. The summed E-state index contributed by atoms with van der Waals surface area (Å²) < 4.78 is 32.6. The van der Waals surface area contributed by atoms with E-state index in [1.807, 2.05) is 13.0 Å². The Morgan fingerprint density at radius 3 is 2.58 bits per heavy atom. The molecule has 1 atom stereocenters. The summed E-state index contributed by atoms with van der Waals surface area (Å²) in [7, 11) is -3.59. The first-order valence-electron chi connectivity index (χ1n) is 7.58. The van der Waals surface area contributed by atoms with Gasteiger partial charge in [0.1, 0.15) is 5.75 Å². The monoisotopic (exact) mass is 346 g/mol. The fourth-order valence-electron chi connectivity index (χ4n) is 2.41. The van der Waals surface area contributed by atoms with Gasteiger partial charge in [0, 0.05) is 13.0 Å². The zero-order valence-electron chi connectivity index (χ0n) is 13.2. The average Bonchev–Trinajstić information content (AvgIpc) is 2.55. The quantitative estimate of drug-likeness (QED) is 0.868. The number of aryl methyl sites for hydroxylation is 1. The average molecular weight is 346 g/mol. The first-order chi connectivity index (χ1) is 11.5. The van der Waals surface area contributed by atoms with Crippen LogP contribution in [-0.2, 0) is 14.8 Å². The van der Waals surface area contributed by atoms with Gasteiger partial charge in [-0.3, -0.25) is 4.79 Å². The number of rotatable bonds is 5. The SMILES string of the molecule is Cc1ccc(S(=O)(=O)NCCC2Oc3ccccc3NC2=O)cc1. The smallest absolute Gasteiger partial charge is 0.265 e. The molecule has 126 valence electrons. The predicted octanol–water partition coefficient (Wildman–Crippen LogP) is 2.06. The lowest BCUT2D eigenvalue weighted by atomic mass is 10.2. The van der Waals surface area contributed by atoms with Crippen LogP contribution in [0.3, 0.4) is 0 Å². The zero-order chi connectivity index (χ0) is 17.2. The number of carbonyl (C=O) groups excluding carboxylic acids is 1. The van der Waals surface area contributed by atoms with Gasteiger partial charge in [-0.05, 0) is 31.2 Å². The third kappa shape index (κ3) is 3.58. The Balaban J connectivity index is 1.60. The summed E-state index contributed by atoms with van der Waals surface area (Å²) in [5.74, 6) is 0.312. The Labute approximate surface area is 140 Å². The van der Waals surface area contributed by atoms with E-state index in [4.69, 9.17) is 4.74 Å². The number of fused-ring (bicyclic) bond motifs is 1. The van der Waals surface area contributed by atoms with Crippen LogP contribution >= 0.6 is 0 Å². The van der Waals surface area contributed by atoms with Crippen LogP contribution in [0.4, 0.5) is 5.69 Å². The third-order valence-corrected chi connectivity index (χ3v) is 5.21. The lowest BCUT2D eigenvalue weighted by Crippen LogP contribution is -2.39. The van der Waals surface area contributed by atoms with Gasteiger partial charge < -0.3 is 10.1 Å². The molecular weight excluding hydrogens is 328 g/mol. The molecule has 0 saturated heterocycles. The maximum Gasteiger partial charge on any atom is 0.265 e. The molecular formula is C17H18N2O4S. The largest absolute Gasteiger partial charge is 0.478 e. The van der Waals surface area contributed by atoms with Crippen molar-refractivity contribution in [3.63, 3.8) is 0 Å². The van der Waals surface area contributed by atoms with Gasteiger partial charge in [0.2, 0.25) is 10.0 Å². The molecule has 1 aliphatic heterocycles. The number of carbonyl (C=O) groups is 1. The molecule has 2 N–H and O–H groups in total. The molecule has 0 spiro atoms. The Bertz CT molecular complexity index is 847. The summed E-state index contributed by atoms with van der Waals surface area (Å²) >= 11 is 0. The van der Waals surface area contributed by atoms with Crippen LogP contribution in [-0.4, -0.2) is 27.0 Å². The van der Waals surface area contributed by atoms with Gasteiger partial charge in [-0.25, -0.2) is 13.1 Å². The summed E-state index contributed by atoms with van der Waals surface area (Å²) in [6.45, 7) is 2.00. The molecule has 0 aliphatic carbocycles. The van der Waals surface area contributed by atoms with Crippen molar-refractivity contribution in [1.29, 1.82) is 0 Å². The molecule has 0 fully saturated rings. The second-order valence-corrected chi connectivity index (χ2v) is 7.36. The number of sulfonamides is 1.